The summed E-state index contributed by atoms with van der Waals surface area (Å²) < 4.78 is 0. The molecule has 54 valence electrons. The molecule has 0 amide bonds. The van der Waals surface area contributed by atoms with E-state index in [1.54, 1.807) is 0 Å². The molecule has 0 fully saturated rings. The van der Waals surface area contributed by atoms with Crippen LogP contribution < -0.4 is 0 Å². The molecular formula is C7H12O2Zn. The first-order chi connectivity index (χ1) is 4.24. The molecule has 0 spiro atoms. The van der Waals surface area contributed by atoms with Crippen LogP contribution in [0.1, 0.15) is 0 Å². The van der Waals surface area contributed by atoms with Crippen LogP contribution in [0, 0.1) is 13.8 Å². The van der Waals surface area contributed by atoms with Crippen LogP contribution in [0.15, 0.2) is 25.3 Å². The van der Waals surface area contributed by atoms with Crippen molar-refractivity contribution >= 4 is 6.47 Å². The number of rotatable bonds is 0. The van der Waals surface area contributed by atoms with Gasteiger partial charge in [0.2, 0.25) is 0 Å². The Morgan fingerprint density at radius 2 is 1.20 bits per heavy atom. The van der Waals surface area contributed by atoms with Gasteiger partial charge >= 0.3 is 19.5 Å². The van der Waals surface area contributed by atoms with Crippen molar-refractivity contribution in [3.8, 4) is 0 Å². The average molecular weight is 194 g/mol. The molecule has 0 rings (SSSR count). The van der Waals surface area contributed by atoms with Gasteiger partial charge in [0.1, 0.15) is 0 Å². The smallest absolute Gasteiger partial charge is 0.483 e. The molecule has 0 aliphatic carbocycles. The van der Waals surface area contributed by atoms with Gasteiger partial charge in [0.15, 0.2) is 0 Å². The van der Waals surface area contributed by atoms with Crippen LogP contribution in [0.2, 0.25) is 0 Å². The Hall–Kier alpha value is -0.687. The third-order valence-electron chi connectivity index (χ3n) is 0. The third kappa shape index (κ3) is 618. The summed E-state index contributed by atoms with van der Waals surface area (Å²) in [6.45, 7) is 12.8. The fourth-order valence-electron chi connectivity index (χ4n) is 0. The van der Waals surface area contributed by atoms with E-state index in [4.69, 9.17) is 9.90 Å². The van der Waals surface area contributed by atoms with E-state index < -0.39 is 0 Å². The number of hydrogen-bond donors (Lipinski definition) is 1. The molecule has 0 saturated heterocycles. The Morgan fingerprint density at radius 1 is 1.20 bits per heavy atom. The number of carboxylic acid groups (broad SMARTS) is 1. The fraction of sp³-hybridized carbons (Fsp3) is 0. The quantitative estimate of drug-likeness (QED) is 0.361. The van der Waals surface area contributed by atoms with Gasteiger partial charge in [-0.15, -0.1) is 0 Å². The molecule has 0 aliphatic heterocycles. The van der Waals surface area contributed by atoms with Crippen LogP contribution in [-0.2, 0) is 24.3 Å². The van der Waals surface area contributed by atoms with Crippen molar-refractivity contribution in [3.05, 3.63) is 39.2 Å². The predicted octanol–water partition coefficient (Wildman–Crippen LogP) is 1.71. The molecule has 3 heteroatoms. The maximum Gasteiger partial charge on any atom is 2.00 e. The van der Waals surface area contributed by atoms with Gasteiger partial charge in [-0.1, -0.05) is 0 Å². The zero-order chi connectivity index (χ0) is 8.12. The molecule has 0 aromatic rings. The number of hydrogen-bond acceptors (Lipinski definition) is 1. The van der Waals surface area contributed by atoms with Crippen LogP contribution in [0.3, 0.4) is 0 Å². The van der Waals surface area contributed by atoms with Gasteiger partial charge in [-0.3, -0.25) is 4.79 Å². The number of allylic oxidation sites excluding steroid dienone is 2. The molecule has 0 radical (unpaired) electrons. The van der Waals surface area contributed by atoms with Crippen molar-refractivity contribution in [2.45, 2.75) is 0 Å². The van der Waals surface area contributed by atoms with Crippen molar-refractivity contribution in [2.75, 3.05) is 0 Å². The number of carbonyl (C=O) groups is 1. The Balaban J connectivity index is -0.0000000257. The molecule has 0 aliphatic rings. The average Bonchev–Trinajstić information content (AvgIpc) is 1.70. The van der Waals surface area contributed by atoms with Crippen molar-refractivity contribution in [3.63, 3.8) is 0 Å². The predicted molar refractivity (Wildman–Crippen MR) is 39.8 cm³/mol. The summed E-state index contributed by atoms with van der Waals surface area (Å²) >= 11 is 0. The summed E-state index contributed by atoms with van der Waals surface area (Å²) in [5, 5.41) is 6.89. The second-order valence-electron chi connectivity index (χ2n) is 0.683. The summed E-state index contributed by atoms with van der Waals surface area (Å²) in [6, 6.07) is 0. The van der Waals surface area contributed by atoms with E-state index in [0.717, 1.165) is 0 Å². The minimum Gasteiger partial charge on any atom is -0.483 e. The Labute approximate surface area is 75.4 Å². The van der Waals surface area contributed by atoms with Crippen molar-refractivity contribution in [1.82, 2.24) is 0 Å². The van der Waals surface area contributed by atoms with E-state index in [1.165, 1.54) is 12.2 Å². The van der Waals surface area contributed by atoms with Crippen LogP contribution in [0.4, 0.5) is 0 Å². The Kier molecular flexibility index (Phi) is 189. The first-order valence-corrected chi connectivity index (χ1v) is 2.13. The molecule has 10 heavy (non-hydrogen) atoms. The maximum absolute atomic E-state index is 8.36. The molecule has 0 unspecified atom stereocenters. The summed E-state index contributed by atoms with van der Waals surface area (Å²) in [5.74, 6) is 0. The Morgan fingerprint density at radius 3 is 1.20 bits per heavy atom. The fourth-order valence-corrected chi connectivity index (χ4v) is 0. The molecule has 2 nitrogen and oxygen atoms in total. The van der Waals surface area contributed by atoms with E-state index in [2.05, 4.69) is 27.0 Å². The molecular weight excluding hydrogens is 181 g/mol. The third-order valence-corrected chi connectivity index (χ3v) is 0. The van der Waals surface area contributed by atoms with E-state index >= 15 is 0 Å². The Bertz CT molecular complexity index is 48.4. The SMILES string of the molecule is C=C[CH2-].C=C[CH2-].O=CO.[Zn+2]. The molecule has 0 bridgehead atoms. The summed E-state index contributed by atoms with van der Waals surface area (Å²) in [7, 11) is 0. The molecule has 0 aromatic heterocycles. The van der Waals surface area contributed by atoms with Crippen molar-refractivity contribution in [2.24, 2.45) is 0 Å². The zero-order valence-corrected chi connectivity index (χ0v) is 9.09. The molecule has 0 heterocycles. The van der Waals surface area contributed by atoms with Crippen LogP contribution in [0.5, 0.6) is 0 Å². The van der Waals surface area contributed by atoms with Crippen molar-refractivity contribution in [1.29, 1.82) is 0 Å². The van der Waals surface area contributed by atoms with Gasteiger partial charge in [-0.2, -0.15) is 0 Å². The largest absolute Gasteiger partial charge is 2.00 e. The molecule has 0 saturated carbocycles. The van der Waals surface area contributed by atoms with E-state index in [-0.39, 0.29) is 26.0 Å². The van der Waals surface area contributed by atoms with Gasteiger partial charge in [-0.05, 0) is 0 Å². The molecule has 1 N–H and O–H groups in total. The normalized spacial score (nSPS) is 3.60. The topological polar surface area (TPSA) is 37.3 Å². The van der Waals surface area contributed by atoms with Crippen molar-refractivity contribution < 1.29 is 29.4 Å². The van der Waals surface area contributed by atoms with Gasteiger partial charge < -0.3 is 5.11 Å². The van der Waals surface area contributed by atoms with E-state index in [0.29, 0.717) is 0 Å². The van der Waals surface area contributed by atoms with Crippen LogP contribution in [-0.4, -0.2) is 11.6 Å². The van der Waals surface area contributed by atoms with Crippen LogP contribution in [0.25, 0.3) is 0 Å². The van der Waals surface area contributed by atoms with Gasteiger partial charge in [-0.25, -0.2) is 39.2 Å². The minimum absolute atomic E-state index is 0. The zero-order valence-electron chi connectivity index (χ0n) is 6.12. The minimum atomic E-state index is -0.250. The summed E-state index contributed by atoms with van der Waals surface area (Å²) in [6.07, 6.45) is 3.00. The van der Waals surface area contributed by atoms with E-state index in [1.807, 2.05) is 0 Å². The molecule has 0 atom stereocenters. The second kappa shape index (κ2) is 83.1. The monoisotopic (exact) mass is 192 g/mol. The van der Waals surface area contributed by atoms with Gasteiger partial charge in [0.05, 0.1) is 0 Å². The summed E-state index contributed by atoms with van der Waals surface area (Å²) in [4.78, 5) is 8.36. The first kappa shape index (κ1) is 22.8. The van der Waals surface area contributed by atoms with Crippen LogP contribution >= 0.6 is 0 Å². The second-order valence-corrected chi connectivity index (χ2v) is 0.683. The molecule has 0 aromatic carbocycles. The maximum atomic E-state index is 8.36. The van der Waals surface area contributed by atoms with Gasteiger partial charge in [0, 0.05) is 0 Å². The summed E-state index contributed by atoms with van der Waals surface area (Å²) in [5.41, 5.74) is 0. The first-order valence-electron chi connectivity index (χ1n) is 2.13. The van der Waals surface area contributed by atoms with E-state index in [9.17, 15) is 0 Å². The standard InChI is InChI=1S/2C3H5.CH2O2.Zn/c2*1-3-2;2-1-3;/h2*3H,1-2H2;1H,(H,2,3);/q2*-1;;+2. The van der Waals surface area contributed by atoms with Gasteiger partial charge in [0.25, 0.3) is 6.47 Å².